The number of hydrogen-bond donors (Lipinski definition) is 0. The fourth-order valence-corrected chi connectivity index (χ4v) is 4.95. The van der Waals surface area contributed by atoms with E-state index in [1.54, 1.807) is 11.0 Å². The summed E-state index contributed by atoms with van der Waals surface area (Å²) < 4.78 is 19.4. The van der Waals surface area contributed by atoms with Crippen LogP contribution in [0.5, 0.6) is 0 Å². The quantitative estimate of drug-likeness (QED) is 0.731. The van der Waals surface area contributed by atoms with Crippen molar-refractivity contribution in [2.24, 2.45) is 10.8 Å². The number of amides is 1. The van der Waals surface area contributed by atoms with Crippen molar-refractivity contribution in [2.45, 2.75) is 65.0 Å². The SMILES string of the molecule is C[C@@H]1CCc2cc(F)ccc2N1C(=O)[C@@]12CC[C@@](C)(C(=O)O1)C2(C)C. The number of esters is 1. The molecule has 134 valence electrons. The summed E-state index contributed by atoms with van der Waals surface area (Å²) in [4.78, 5) is 27.9. The molecule has 1 aliphatic carbocycles. The van der Waals surface area contributed by atoms with Crippen LogP contribution in [0.25, 0.3) is 0 Å². The zero-order chi connectivity index (χ0) is 18.2. The molecule has 5 heteroatoms. The second-order valence-electron chi connectivity index (χ2n) is 8.51. The number of nitrogens with zero attached hydrogens (tertiary/aromatic N) is 1. The lowest BCUT2D eigenvalue weighted by Crippen LogP contribution is -2.58. The second-order valence-corrected chi connectivity index (χ2v) is 8.51. The van der Waals surface area contributed by atoms with Crippen LogP contribution in [0.4, 0.5) is 10.1 Å². The minimum absolute atomic E-state index is 0.0122. The third-order valence-electron chi connectivity index (χ3n) is 7.22. The van der Waals surface area contributed by atoms with E-state index in [2.05, 4.69) is 0 Å². The number of halogens is 1. The van der Waals surface area contributed by atoms with E-state index in [-0.39, 0.29) is 23.7 Å². The van der Waals surface area contributed by atoms with Gasteiger partial charge in [0.2, 0.25) is 0 Å². The molecular formula is C20H24FNO3. The summed E-state index contributed by atoms with van der Waals surface area (Å²) >= 11 is 0. The number of ether oxygens (including phenoxy) is 1. The van der Waals surface area contributed by atoms with Crippen LogP contribution in [0.2, 0.25) is 0 Å². The van der Waals surface area contributed by atoms with E-state index < -0.39 is 16.4 Å². The zero-order valence-electron chi connectivity index (χ0n) is 15.2. The van der Waals surface area contributed by atoms with Crippen molar-refractivity contribution < 1.29 is 18.7 Å². The van der Waals surface area contributed by atoms with Crippen LogP contribution in [0.3, 0.4) is 0 Å². The Morgan fingerprint density at radius 3 is 2.60 bits per heavy atom. The monoisotopic (exact) mass is 345 g/mol. The largest absolute Gasteiger partial charge is 0.448 e. The van der Waals surface area contributed by atoms with Gasteiger partial charge in [0.15, 0.2) is 5.60 Å². The Kier molecular flexibility index (Phi) is 3.20. The molecule has 4 rings (SSSR count). The third kappa shape index (κ3) is 1.81. The average molecular weight is 345 g/mol. The first-order valence-corrected chi connectivity index (χ1v) is 9.00. The van der Waals surface area contributed by atoms with Gasteiger partial charge in [-0.15, -0.1) is 0 Å². The fourth-order valence-electron chi connectivity index (χ4n) is 4.95. The first-order chi connectivity index (χ1) is 11.6. The molecule has 2 fully saturated rings. The normalized spacial score (nSPS) is 35.5. The summed E-state index contributed by atoms with van der Waals surface area (Å²) in [5, 5.41) is 0. The summed E-state index contributed by atoms with van der Waals surface area (Å²) in [6, 6.07) is 4.55. The minimum atomic E-state index is -1.13. The van der Waals surface area contributed by atoms with Crippen molar-refractivity contribution in [3.8, 4) is 0 Å². The number of carbonyl (C=O) groups excluding carboxylic acids is 2. The number of carbonyl (C=O) groups is 2. The predicted molar refractivity (Wildman–Crippen MR) is 91.6 cm³/mol. The Hall–Kier alpha value is -1.91. The van der Waals surface area contributed by atoms with E-state index in [0.717, 1.165) is 24.1 Å². The molecule has 1 aromatic carbocycles. The van der Waals surface area contributed by atoms with Crippen molar-refractivity contribution in [3.63, 3.8) is 0 Å². The zero-order valence-corrected chi connectivity index (χ0v) is 15.2. The van der Waals surface area contributed by atoms with Crippen LogP contribution < -0.4 is 4.90 Å². The van der Waals surface area contributed by atoms with E-state index in [0.29, 0.717) is 12.8 Å². The number of fused-ring (bicyclic) bond motifs is 3. The van der Waals surface area contributed by atoms with Crippen molar-refractivity contribution in [1.29, 1.82) is 0 Å². The van der Waals surface area contributed by atoms with Gasteiger partial charge in [-0.2, -0.15) is 0 Å². The molecule has 2 heterocycles. The summed E-state index contributed by atoms with van der Waals surface area (Å²) in [6.07, 6.45) is 2.71. The Balaban J connectivity index is 1.81. The Labute approximate surface area is 147 Å². The van der Waals surface area contributed by atoms with Gasteiger partial charge in [0.25, 0.3) is 5.91 Å². The highest BCUT2D eigenvalue weighted by atomic mass is 19.1. The molecule has 3 atom stereocenters. The third-order valence-corrected chi connectivity index (χ3v) is 7.22. The lowest BCUT2D eigenvalue weighted by Gasteiger charge is -2.43. The van der Waals surface area contributed by atoms with Gasteiger partial charge in [0.05, 0.1) is 5.41 Å². The van der Waals surface area contributed by atoms with E-state index in [1.165, 1.54) is 12.1 Å². The predicted octanol–water partition coefficient (Wildman–Crippen LogP) is 3.62. The smallest absolute Gasteiger partial charge is 0.313 e. The van der Waals surface area contributed by atoms with Crippen molar-refractivity contribution in [3.05, 3.63) is 29.6 Å². The molecule has 4 nitrogen and oxygen atoms in total. The van der Waals surface area contributed by atoms with Crippen molar-refractivity contribution >= 4 is 17.6 Å². The summed E-state index contributed by atoms with van der Waals surface area (Å²) in [7, 11) is 0. The van der Waals surface area contributed by atoms with E-state index in [9.17, 15) is 14.0 Å². The van der Waals surface area contributed by atoms with Crippen LogP contribution in [0, 0.1) is 16.6 Å². The molecule has 25 heavy (non-hydrogen) atoms. The lowest BCUT2D eigenvalue weighted by molar-refractivity contribution is -0.167. The van der Waals surface area contributed by atoms with Crippen LogP contribution in [0.1, 0.15) is 52.5 Å². The highest BCUT2D eigenvalue weighted by Crippen LogP contribution is 2.66. The molecule has 0 radical (unpaired) electrons. The molecule has 0 unspecified atom stereocenters. The number of hydrogen-bond acceptors (Lipinski definition) is 3. The maximum Gasteiger partial charge on any atom is 0.313 e. The summed E-state index contributed by atoms with van der Waals surface area (Å²) in [5.74, 6) is -0.729. The first kappa shape index (κ1) is 16.6. The van der Waals surface area contributed by atoms with Crippen LogP contribution in [0.15, 0.2) is 18.2 Å². The van der Waals surface area contributed by atoms with Gasteiger partial charge in [-0.1, -0.05) is 13.8 Å². The maximum absolute atomic E-state index is 13.7. The van der Waals surface area contributed by atoms with Crippen LogP contribution >= 0.6 is 0 Å². The number of aryl methyl sites for hydroxylation is 1. The Bertz CT molecular complexity index is 789. The van der Waals surface area contributed by atoms with Crippen molar-refractivity contribution in [1.82, 2.24) is 0 Å². The molecule has 1 saturated heterocycles. The van der Waals surface area contributed by atoms with Gasteiger partial charge in [0.1, 0.15) is 5.82 Å². The topological polar surface area (TPSA) is 46.6 Å². The molecule has 2 bridgehead atoms. The standard InChI is InChI=1S/C20H24FNO3/c1-12-5-6-13-11-14(21)7-8-15(13)22(12)16(23)20-10-9-19(4,17(24)25-20)18(20,2)3/h7-8,11-12H,5-6,9-10H2,1-4H3/t12-,19+,20-/m1/s1. The number of rotatable bonds is 1. The van der Waals surface area contributed by atoms with Crippen LogP contribution in [-0.4, -0.2) is 23.5 Å². The molecule has 0 aromatic heterocycles. The number of benzene rings is 1. The molecule has 1 aromatic rings. The molecule has 0 spiro atoms. The Morgan fingerprint density at radius 1 is 1.28 bits per heavy atom. The van der Waals surface area contributed by atoms with Gasteiger partial charge in [-0.3, -0.25) is 9.59 Å². The fraction of sp³-hybridized carbons (Fsp3) is 0.600. The van der Waals surface area contributed by atoms with Gasteiger partial charge in [-0.05, 0) is 63.3 Å². The molecule has 3 aliphatic rings. The lowest BCUT2D eigenvalue weighted by atomic mass is 9.66. The molecule has 2 aliphatic heterocycles. The molecule has 0 N–H and O–H groups in total. The highest BCUT2D eigenvalue weighted by Gasteiger charge is 2.76. The van der Waals surface area contributed by atoms with E-state index in [4.69, 9.17) is 4.74 Å². The van der Waals surface area contributed by atoms with Gasteiger partial charge in [-0.25, -0.2) is 4.39 Å². The highest BCUT2D eigenvalue weighted by molar-refractivity contribution is 6.05. The van der Waals surface area contributed by atoms with Gasteiger partial charge >= 0.3 is 5.97 Å². The molecule has 1 amide bonds. The van der Waals surface area contributed by atoms with Crippen LogP contribution in [-0.2, 0) is 20.7 Å². The summed E-state index contributed by atoms with van der Waals surface area (Å²) in [6.45, 7) is 7.82. The van der Waals surface area contributed by atoms with Gasteiger partial charge in [0, 0.05) is 17.1 Å². The van der Waals surface area contributed by atoms with Gasteiger partial charge < -0.3 is 9.64 Å². The molecule has 1 saturated carbocycles. The number of anilines is 1. The van der Waals surface area contributed by atoms with Crippen molar-refractivity contribution in [2.75, 3.05) is 4.90 Å². The van der Waals surface area contributed by atoms with E-state index >= 15 is 0 Å². The second kappa shape index (κ2) is 4.83. The maximum atomic E-state index is 13.7. The van der Waals surface area contributed by atoms with E-state index in [1.807, 2.05) is 27.7 Å². The first-order valence-electron chi connectivity index (χ1n) is 9.00. The average Bonchev–Trinajstić information content (AvgIpc) is 2.85. The summed E-state index contributed by atoms with van der Waals surface area (Å²) in [5.41, 5.74) is -0.757. The Morgan fingerprint density at radius 2 is 2.00 bits per heavy atom. The minimum Gasteiger partial charge on any atom is -0.448 e. The molecular weight excluding hydrogens is 321 g/mol.